The maximum atomic E-state index is 11.6. The van der Waals surface area contributed by atoms with Crippen LogP contribution in [-0.2, 0) is 4.79 Å². The Kier molecular flexibility index (Phi) is 4.22. The molecule has 1 fully saturated rings. The zero-order valence-electron chi connectivity index (χ0n) is 8.60. The van der Waals surface area contributed by atoms with Crippen LogP contribution in [0.1, 0.15) is 33.1 Å². The van der Waals surface area contributed by atoms with Crippen molar-refractivity contribution in [1.29, 1.82) is 0 Å². The van der Waals surface area contributed by atoms with E-state index < -0.39 is 0 Å². The molecule has 0 aromatic heterocycles. The fraction of sp³-hybridized carbons (Fsp3) is 0.900. The molecule has 0 aliphatic carbocycles. The monoisotopic (exact) mass is 184 g/mol. The molecule has 1 heterocycles. The number of carbonyl (C=O) groups excluding carboxylic acids is 1. The Morgan fingerprint density at radius 2 is 2.46 bits per heavy atom. The zero-order chi connectivity index (χ0) is 9.68. The minimum absolute atomic E-state index is 0.197. The molecule has 3 heteroatoms. The molecule has 0 spiro atoms. The van der Waals surface area contributed by atoms with Crippen LogP contribution < -0.4 is 10.6 Å². The smallest absolute Gasteiger partial charge is 0.224 e. The summed E-state index contributed by atoms with van der Waals surface area (Å²) in [4.78, 5) is 11.6. The largest absolute Gasteiger partial charge is 0.353 e. The minimum Gasteiger partial charge on any atom is -0.353 e. The normalized spacial score (nSPS) is 25.2. The van der Waals surface area contributed by atoms with Gasteiger partial charge in [-0.1, -0.05) is 6.92 Å². The van der Waals surface area contributed by atoms with Gasteiger partial charge in [0.2, 0.25) is 5.91 Å². The Balaban J connectivity index is 2.29. The molecule has 1 amide bonds. The van der Waals surface area contributed by atoms with E-state index >= 15 is 0 Å². The molecular formula is C10H20N2O. The third kappa shape index (κ3) is 3.35. The van der Waals surface area contributed by atoms with Gasteiger partial charge in [0.1, 0.15) is 0 Å². The van der Waals surface area contributed by atoms with Gasteiger partial charge in [0.05, 0.1) is 5.92 Å². The molecule has 1 aliphatic rings. The van der Waals surface area contributed by atoms with Crippen LogP contribution in [0.4, 0.5) is 0 Å². The highest BCUT2D eigenvalue weighted by Gasteiger charge is 2.21. The van der Waals surface area contributed by atoms with Gasteiger partial charge >= 0.3 is 0 Å². The summed E-state index contributed by atoms with van der Waals surface area (Å²) in [5, 5.41) is 6.27. The molecule has 0 saturated carbocycles. The molecule has 0 aromatic rings. The average molecular weight is 184 g/mol. The van der Waals surface area contributed by atoms with E-state index in [1.54, 1.807) is 0 Å². The SMILES string of the molecule is CCC(C)NC(=O)[C@@H]1CCCNC1. The summed E-state index contributed by atoms with van der Waals surface area (Å²) >= 11 is 0. The number of nitrogens with one attached hydrogen (secondary N) is 2. The Morgan fingerprint density at radius 3 is 3.00 bits per heavy atom. The van der Waals surface area contributed by atoms with Gasteiger partial charge in [0, 0.05) is 12.6 Å². The van der Waals surface area contributed by atoms with Crippen LogP contribution in [0.2, 0.25) is 0 Å². The molecule has 0 aromatic carbocycles. The third-order valence-corrected chi connectivity index (χ3v) is 2.67. The van der Waals surface area contributed by atoms with E-state index in [1.165, 1.54) is 0 Å². The molecule has 13 heavy (non-hydrogen) atoms. The van der Waals surface area contributed by atoms with Crippen LogP contribution in [0.5, 0.6) is 0 Å². The number of rotatable bonds is 3. The summed E-state index contributed by atoms with van der Waals surface area (Å²) in [5.74, 6) is 0.421. The highest BCUT2D eigenvalue weighted by atomic mass is 16.1. The summed E-state index contributed by atoms with van der Waals surface area (Å²) in [7, 11) is 0. The lowest BCUT2D eigenvalue weighted by molar-refractivity contribution is -0.126. The van der Waals surface area contributed by atoms with Gasteiger partial charge in [-0.25, -0.2) is 0 Å². The zero-order valence-corrected chi connectivity index (χ0v) is 8.60. The second-order valence-electron chi connectivity index (χ2n) is 3.86. The van der Waals surface area contributed by atoms with E-state index in [0.29, 0.717) is 6.04 Å². The summed E-state index contributed by atoms with van der Waals surface area (Å²) < 4.78 is 0. The maximum Gasteiger partial charge on any atom is 0.224 e. The second-order valence-corrected chi connectivity index (χ2v) is 3.86. The predicted molar refractivity (Wildman–Crippen MR) is 53.5 cm³/mol. The summed E-state index contributed by atoms with van der Waals surface area (Å²) in [6.07, 6.45) is 3.17. The van der Waals surface area contributed by atoms with Crippen molar-refractivity contribution < 1.29 is 4.79 Å². The van der Waals surface area contributed by atoms with E-state index in [4.69, 9.17) is 0 Å². The Bertz CT molecular complexity index is 164. The van der Waals surface area contributed by atoms with Crippen molar-refractivity contribution >= 4 is 5.91 Å². The molecule has 76 valence electrons. The van der Waals surface area contributed by atoms with E-state index in [2.05, 4.69) is 17.6 Å². The standard InChI is InChI=1S/C10H20N2O/c1-3-8(2)12-10(13)9-5-4-6-11-7-9/h8-9,11H,3-7H2,1-2H3,(H,12,13)/t8?,9-/m1/s1. The van der Waals surface area contributed by atoms with E-state index in [1.807, 2.05) is 6.92 Å². The summed E-state index contributed by atoms with van der Waals surface area (Å²) in [6, 6.07) is 0.314. The fourth-order valence-corrected chi connectivity index (χ4v) is 1.54. The van der Waals surface area contributed by atoms with Gasteiger partial charge in [-0.05, 0) is 32.7 Å². The number of carbonyl (C=O) groups is 1. The fourth-order valence-electron chi connectivity index (χ4n) is 1.54. The number of piperidine rings is 1. The van der Waals surface area contributed by atoms with Gasteiger partial charge in [-0.2, -0.15) is 0 Å². The van der Waals surface area contributed by atoms with Crippen molar-refractivity contribution in [2.24, 2.45) is 5.92 Å². The van der Waals surface area contributed by atoms with Gasteiger partial charge < -0.3 is 10.6 Å². The van der Waals surface area contributed by atoms with E-state index in [-0.39, 0.29) is 11.8 Å². The van der Waals surface area contributed by atoms with Crippen LogP contribution >= 0.6 is 0 Å². The molecule has 1 rings (SSSR count). The second kappa shape index (κ2) is 5.22. The molecule has 2 N–H and O–H groups in total. The first kappa shape index (κ1) is 10.5. The minimum atomic E-state index is 0.197. The van der Waals surface area contributed by atoms with Crippen molar-refractivity contribution in [3.8, 4) is 0 Å². The lowest BCUT2D eigenvalue weighted by Gasteiger charge is -2.23. The molecule has 1 saturated heterocycles. The molecular weight excluding hydrogens is 164 g/mol. The van der Waals surface area contributed by atoms with Gasteiger partial charge in [0.25, 0.3) is 0 Å². The van der Waals surface area contributed by atoms with Crippen LogP contribution in [0.15, 0.2) is 0 Å². The van der Waals surface area contributed by atoms with Gasteiger partial charge in [0.15, 0.2) is 0 Å². The number of hydrogen-bond donors (Lipinski definition) is 2. The molecule has 2 atom stereocenters. The van der Waals surface area contributed by atoms with Crippen LogP contribution in [0.3, 0.4) is 0 Å². The summed E-state index contributed by atoms with van der Waals surface area (Å²) in [6.45, 7) is 6.05. The van der Waals surface area contributed by atoms with Crippen molar-refractivity contribution in [3.63, 3.8) is 0 Å². The van der Waals surface area contributed by atoms with Crippen molar-refractivity contribution in [2.75, 3.05) is 13.1 Å². The lowest BCUT2D eigenvalue weighted by atomic mass is 9.98. The Morgan fingerprint density at radius 1 is 1.69 bits per heavy atom. The highest BCUT2D eigenvalue weighted by Crippen LogP contribution is 2.10. The first-order valence-electron chi connectivity index (χ1n) is 5.25. The average Bonchev–Trinajstić information content (AvgIpc) is 2.19. The summed E-state index contributed by atoms with van der Waals surface area (Å²) in [5.41, 5.74) is 0. The van der Waals surface area contributed by atoms with Crippen molar-refractivity contribution in [3.05, 3.63) is 0 Å². The van der Waals surface area contributed by atoms with Gasteiger partial charge in [-0.15, -0.1) is 0 Å². The third-order valence-electron chi connectivity index (χ3n) is 2.67. The lowest BCUT2D eigenvalue weighted by Crippen LogP contribution is -2.43. The quantitative estimate of drug-likeness (QED) is 0.684. The molecule has 1 aliphatic heterocycles. The van der Waals surface area contributed by atoms with Crippen LogP contribution in [0.25, 0.3) is 0 Å². The van der Waals surface area contributed by atoms with Crippen LogP contribution in [-0.4, -0.2) is 25.0 Å². The molecule has 0 bridgehead atoms. The number of amides is 1. The molecule has 1 unspecified atom stereocenters. The van der Waals surface area contributed by atoms with Gasteiger partial charge in [-0.3, -0.25) is 4.79 Å². The van der Waals surface area contributed by atoms with Crippen molar-refractivity contribution in [1.82, 2.24) is 10.6 Å². The van der Waals surface area contributed by atoms with Crippen molar-refractivity contribution in [2.45, 2.75) is 39.2 Å². The maximum absolute atomic E-state index is 11.6. The van der Waals surface area contributed by atoms with E-state index in [0.717, 1.165) is 32.4 Å². The first-order valence-corrected chi connectivity index (χ1v) is 5.25. The molecule has 0 radical (unpaired) electrons. The Labute approximate surface area is 80.3 Å². The van der Waals surface area contributed by atoms with E-state index in [9.17, 15) is 4.79 Å². The predicted octanol–water partition coefficient (Wildman–Crippen LogP) is 0.901. The number of hydrogen-bond acceptors (Lipinski definition) is 2. The molecule has 3 nitrogen and oxygen atoms in total. The topological polar surface area (TPSA) is 41.1 Å². The van der Waals surface area contributed by atoms with Crippen LogP contribution in [0, 0.1) is 5.92 Å². The highest BCUT2D eigenvalue weighted by molar-refractivity contribution is 5.79. The Hall–Kier alpha value is -0.570. The first-order chi connectivity index (χ1) is 6.24.